The number of carbonyl (C=O) groups excluding carboxylic acids is 2. The van der Waals surface area contributed by atoms with Gasteiger partial charge in [-0.15, -0.1) is 70.6 Å². The summed E-state index contributed by atoms with van der Waals surface area (Å²) in [4.78, 5) is 44.9. The molecule has 2 N–H and O–H groups in total. The average Bonchev–Trinajstić information content (AvgIpc) is 1.84. The SMILES string of the molecule is CC(=O)CN1CCSc2ccc(C)cc2C1.CC(=O)CN1CCSc2ccc(C)cc2C1.CN1CCSc2ccc(CO)cc2C1.COc1ccc2c(c1)CN(Cc1ccc(O)cc1)CCS2.COc1ccc2c(c1)CN(Cc1ccccc1)CCS2.c1ccc(CN2CCSc3ccccc3C2)cc1. The number of fused-ring (bicyclic) bond motifs is 6. The number of hydrogen-bond acceptors (Lipinski definition) is 18. The molecule has 0 aromatic heterocycles. The van der Waals surface area contributed by atoms with E-state index in [-0.39, 0.29) is 18.2 Å². The van der Waals surface area contributed by atoms with Crippen LogP contribution in [0.15, 0.2) is 230 Å². The van der Waals surface area contributed by atoms with Crippen molar-refractivity contribution < 1.29 is 29.3 Å². The first-order valence-corrected chi connectivity index (χ1v) is 42.3. The maximum Gasteiger partial charge on any atom is 0.143 e. The first-order valence-electron chi connectivity index (χ1n) is 36.4. The highest BCUT2D eigenvalue weighted by Gasteiger charge is 2.22. The van der Waals surface area contributed by atoms with Crippen LogP contribution in [0.25, 0.3) is 0 Å². The number of aryl methyl sites for hydroxylation is 2. The highest BCUT2D eigenvalue weighted by atomic mass is 32.2. The van der Waals surface area contributed by atoms with Gasteiger partial charge < -0.3 is 24.6 Å². The van der Waals surface area contributed by atoms with E-state index in [0.29, 0.717) is 18.8 Å². The Morgan fingerprint density at radius 2 is 0.695 bits per heavy atom. The van der Waals surface area contributed by atoms with E-state index in [0.717, 1.165) is 144 Å². The zero-order valence-corrected chi connectivity index (χ0v) is 67.1. The first kappa shape index (κ1) is 81.1. The van der Waals surface area contributed by atoms with Crippen molar-refractivity contribution in [3.63, 3.8) is 0 Å². The smallest absolute Gasteiger partial charge is 0.143 e. The van der Waals surface area contributed by atoms with Gasteiger partial charge in [0.1, 0.15) is 28.8 Å². The van der Waals surface area contributed by atoms with Gasteiger partial charge >= 0.3 is 0 Å². The van der Waals surface area contributed by atoms with Crippen LogP contribution in [0.3, 0.4) is 0 Å². The molecule has 15 rings (SSSR count). The lowest BCUT2D eigenvalue weighted by atomic mass is 10.1. The van der Waals surface area contributed by atoms with Gasteiger partial charge in [0.05, 0.1) is 33.9 Å². The number of phenols is 1. The molecule has 6 aliphatic rings. The van der Waals surface area contributed by atoms with Crippen molar-refractivity contribution in [2.45, 2.75) is 123 Å². The number of aliphatic hydroxyl groups excluding tert-OH is 1. The molecule has 0 fully saturated rings. The number of nitrogens with zero attached hydrogens (tertiary/aromatic N) is 6. The van der Waals surface area contributed by atoms with Crippen LogP contribution in [0.1, 0.15) is 80.6 Å². The summed E-state index contributed by atoms with van der Waals surface area (Å²) in [5, 5.41) is 18.4. The Bertz CT molecular complexity index is 4120. The highest BCUT2D eigenvalue weighted by Crippen LogP contribution is 2.35. The minimum absolute atomic E-state index is 0.141. The van der Waals surface area contributed by atoms with Crippen molar-refractivity contribution in [3.05, 3.63) is 267 Å². The molecule has 0 atom stereocenters. The Morgan fingerprint density at radius 1 is 0.362 bits per heavy atom. The van der Waals surface area contributed by atoms with Gasteiger partial charge in [0.15, 0.2) is 0 Å². The quantitative estimate of drug-likeness (QED) is 0.114. The lowest BCUT2D eigenvalue weighted by molar-refractivity contribution is -0.119. The Kier molecular flexibility index (Phi) is 33.1. The standard InChI is InChI=1S/C17H19NO2S.C17H19NOS.C16H17NS.2C13H17NOS.C11H15NOS/c1-20-16-6-7-17-14(10-16)12-18(8-9-21-17)11-13-2-4-15(19)5-3-13;1-19-16-7-8-17-15(11-16)13-18(9-10-20-17)12-14-5-3-2-4-6-14;1-2-6-14(7-3-1)12-17-10-11-18-16-9-5-4-8-15(16)13-17;2*1-10-3-4-13-12(7-10)9-14(5-6-16-13)8-11(2)15;1-12-4-5-14-11-3-2-9(8-13)6-10(11)7-12/h2-7,10,19H,8-9,11-12H2,1H3;2-8,11H,9-10,12-13H2,1H3;1-9H,10-13H2;2*3-4,7H,5-6,8-9H2,1-2H3;2-3,6,13H,4-5,7-8H2,1H3. The van der Waals surface area contributed by atoms with Gasteiger partial charge in [-0.1, -0.05) is 139 Å². The predicted octanol–water partition coefficient (Wildman–Crippen LogP) is 17.8. The number of methoxy groups -OCH3 is 2. The van der Waals surface area contributed by atoms with Gasteiger partial charge in [-0.2, -0.15) is 0 Å². The van der Waals surface area contributed by atoms with Gasteiger partial charge in [0.25, 0.3) is 0 Å². The van der Waals surface area contributed by atoms with Crippen molar-refractivity contribution in [2.24, 2.45) is 0 Å². The van der Waals surface area contributed by atoms with Crippen molar-refractivity contribution in [1.29, 1.82) is 0 Å². The third-order valence-corrected chi connectivity index (χ3v) is 25.0. The number of aromatic hydroxyl groups is 1. The number of rotatable bonds is 13. The first-order chi connectivity index (χ1) is 51.1. The number of ketones is 2. The number of ether oxygens (including phenoxy) is 2. The summed E-state index contributed by atoms with van der Waals surface area (Å²) in [6, 6.07) is 69.9. The van der Waals surface area contributed by atoms with Crippen LogP contribution in [0, 0.1) is 13.8 Å². The average molecular weight is 1520 g/mol. The molecule has 0 bridgehead atoms. The van der Waals surface area contributed by atoms with Gasteiger partial charge in [-0.25, -0.2) is 0 Å². The van der Waals surface area contributed by atoms with E-state index < -0.39 is 0 Å². The summed E-state index contributed by atoms with van der Waals surface area (Å²) in [7, 11) is 5.58. The lowest BCUT2D eigenvalue weighted by Gasteiger charge is -2.20. The Morgan fingerprint density at radius 3 is 1.12 bits per heavy atom. The minimum Gasteiger partial charge on any atom is -0.508 e. The molecule has 0 unspecified atom stereocenters. The zero-order valence-electron chi connectivity index (χ0n) is 62.2. The Balaban J connectivity index is 0.000000136. The van der Waals surface area contributed by atoms with E-state index in [9.17, 15) is 14.7 Å². The maximum atomic E-state index is 11.2. The summed E-state index contributed by atoms with van der Waals surface area (Å²) in [6.07, 6.45) is 0. The van der Waals surface area contributed by atoms with Crippen LogP contribution in [0.2, 0.25) is 0 Å². The Labute approximate surface area is 650 Å². The zero-order chi connectivity index (χ0) is 73.7. The van der Waals surface area contributed by atoms with E-state index in [2.05, 4.69) is 214 Å². The van der Waals surface area contributed by atoms with Gasteiger partial charge in [0.2, 0.25) is 0 Å². The molecule has 6 aliphatic heterocycles. The third kappa shape index (κ3) is 27.0. The van der Waals surface area contributed by atoms with Gasteiger partial charge in [-0.05, 0) is 163 Å². The molecule has 105 heavy (non-hydrogen) atoms. The second kappa shape index (κ2) is 42.9. The van der Waals surface area contributed by atoms with Crippen molar-refractivity contribution in [1.82, 2.24) is 29.4 Å². The van der Waals surface area contributed by atoms with Crippen molar-refractivity contribution >= 4 is 82.1 Å². The molecular weight excluding hydrogens is 1420 g/mol. The second-order valence-electron chi connectivity index (χ2n) is 27.3. The minimum atomic E-state index is 0.141. The van der Waals surface area contributed by atoms with E-state index in [4.69, 9.17) is 14.6 Å². The molecule has 0 saturated heterocycles. The fraction of sp³-hybridized carbons (Fsp3) is 0.356. The van der Waals surface area contributed by atoms with Crippen LogP contribution in [-0.2, 0) is 75.1 Å². The number of phenolic OH excluding ortho intramolecular Hbond substituents is 1. The molecule has 0 saturated carbocycles. The predicted molar refractivity (Wildman–Crippen MR) is 443 cm³/mol. The fourth-order valence-electron chi connectivity index (χ4n) is 13.2. The van der Waals surface area contributed by atoms with Crippen LogP contribution < -0.4 is 9.47 Å². The molecule has 12 nitrogen and oxygen atoms in total. The van der Waals surface area contributed by atoms with E-state index in [1.807, 2.05) is 94.8 Å². The van der Waals surface area contributed by atoms with Crippen molar-refractivity contribution in [2.75, 3.05) is 108 Å². The number of hydrogen-bond donors (Lipinski definition) is 2. The van der Waals surface area contributed by atoms with E-state index >= 15 is 0 Å². The number of Topliss-reactive ketones (excluding diaryl/α,β-unsaturated/α-hetero) is 2. The molecule has 0 spiro atoms. The monoisotopic (exact) mass is 1520 g/mol. The molecule has 0 radical (unpaired) electrons. The Hall–Kier alpha value is -6.46. The van der Waals surface area contributed by atoms with Crippen LogP contribution in [-0.4, -0.2) is 159 Å². The number of benzene rings is 9. The number of carbonyl (C=O) groups is 2. The van der Waals surface area contributed by atoms with Crippen molar-refractivity contribution in [3.8, 4) is 17.2 Å². The lowest BCUT2D eigenvalue weighted by Crippen LogP contribution is -2.29. The van der Waals surface area contributed by atoms with Crippen LogP contribution >= 0.6 is 70.6 Å². The van der Waals surface area contributed by atoms with Gasteiger partial charge in [-0.3, -0.25) is 34.1 Å². The molecule has 9 aromatic rings. The second-order valence-corrected chi connectivity index (χ2v) is 34.1. The summed E-state index contributed by atoms with van der Waals surface area (Å²) < 4.78 is 10.7. The van der Waals surface area contributed by atoms with E-state index in [1.165, 1.54) is 96.3 Å². The summed E-state index contributed by atoms with van der Waals surface area (Å²) >= 11 is 11.5. The molecule has 0 amide bonds. The third-order valence-electron chi connectivity index (χ3n) is 18.4. The molecular formula is C87H104N6O6S6. The fourth-order valence-corrected chi connectivity index (χ4v) is 19.5. The molecule has 6 heterocycles. The summed E-state index contributed by atoms with van der Waals surface area (Å²) in [6.45, 7) is 24.1. The molecule has 18 heteroatoms. The summed E-state index contributed by atoms with van der Waals surface area (Å²) in [5.41, 5.74) is 15.9. The normalized spacial score (nSPS) is 16.2. The van der Waals surface area contributed by atoms with Crippen LogP contribution in [0.4, 0.5) is 0 Å². The number of aliphatic hydroxyl groups is 1. The molecule has 554 valence electrons. The van der Waals surface area contributed by atoms with E-state index in [1.54, 1.807) is 40.2 Å². The largest absolute Gasteiger partial charge is 0.508 e. The molecule has 9 aromatic carbocycles. The van der Waals surface area contributed by atoms with Gasteiger partial charge in [0, 0.05) is 162 Å². The van der Waals surface area contributed by atoms with Crippen LogP contribution in [0.5, 0.6) is 17.2 Å². The molecule has 0 aliphatic carbocycles. The topological polar surface area (TPSA) is 112 Å². The maximum absolute atomic E-state index is 11.2. The highest BCUT2D eigenvalue weighted by molar-refractivity contribution is 8.00. The number of thioether (sulfide) groups is 6. The summed E-state index contributed by atoms with van der Waals surface area (Å²) in [5.74, 6) is 9.41.